The summed E-state index contributed by atoms with van der Waals surface area (Å²) >= 11 is 0. The first-order chi connectivity index (χ1) is 21.5. The molecule has 1 aliphatic rings. The van der Waals surface area contributed by atoms with E-state index in [2.05, 4.69) is 20.4 Å². The van der Waals surface area contributed by atoms with Gasteiger partial charge in [-0.15, -0.1) is 0 Å². The maximum atomic E-state index is 13.9. The Morgan fingerprint density at radius 3 is 2.51 bits per heavy atom. The SMILES string of the molecule is Cc1noc(C)c1-c1ccc2c(c1)C(c1ccccc1)N(C(=O)CC(=O)N[C@@H](C)c1nc3c(C(N)=O)cccc3[nH]1)C(=O)N2C. The number of carbonyl (C=O) groups is 4. The zero-order valence-electron chi connectivity index (χ0n) is 25.1. The average Bonchev–Trinajstić information content (AvgIpc) is 3.61. The van der Waals surface area contributed by atoms with Crippen molar-refractivity contribution in [3.05, 3.63) is 101 Å². The van der Waals surface area contributed by atoms with Gasteiger partial charge < -0.3 is 20.6 Å². The molecule has 0 radical (unpaired) electrons. The first kappa shape index (κ1) is 29.3. The van der Waals surface area contributed by atoms with Gasteiger partial charge in [-0.05, 0) is 56.2 Å². The molecule has 1 unspecified atom stereocenters. The molecule has 5 amide bonds. The first-order valence-corrected chi connectivity index (χ1v) is 14.3. The van der Waals surface area contributed by atoms with Gasteiger partial charge in [0.25, 0.3) is 5.91 Å². The van der Waals surface area contributed by atoms with Crippen LogP contribution in [0, 0.1) is 13.8 Å². The van der Waals surface area contributed by atoms with Crippen LogP contribution in [0.4, 0.5) is 10.5 Å². The fourth-order valence-corrected chi connectivity index (χ4v) is 5.90. The van der Waals surface area contributed by atoms with Crippen molar-refractivity contribution in [2.45, 2.75) is 39.3 Å². The van der Waals surface area contributed by atoms with E-state index in [9.17, 15) is 19.2 Å². The number of imidazole rings is 1. The Bertz CT molecular complexity index is 1960. The van der Waals surface area contributed by atoms with Gasteiger partial charge in [-0.1, -0.05) is 47.6 Å². The molecule has 2 aromatic heterocycles. The lowest BCUT2D eigenvalue weighted by Gasteiger charge is -2.40. The van der Waals surface area contributed by atoms with E-state index in [0.717, 1.165) is 27.3 Å². The van der Waals surface area contributed by atoms with Gasteiger partial charge in [0.1, 0.15) is 23.5 Å². The summed E-state index contributed by atoms with van der Waals surface area (Å²) in [6, 6.07) is 17.9. The van der Waals surface area contributed by atoms with E-state index in [1.807, 2.05) is 62.4 Å². The second-order valence-corrected chi connectivity index (χ2v) is 11.0. The summed E-state index contributed by atoms with van der Waals surface area (Å²) in [4.78, 5) is 62.8. The molecule has 12 heteroatoms. The number of anilines is 1. The zero-order chi connectivity index (χ0) is 32.0. The van der Waals surface area contributed by atoms with Crippen LogP contribution in [0.1, 0.15) is 64.2 Å². The minimum atomic E-state index is -0.786. The molecular weight excluding hydrogens is 574 g/mol. The van der Waals surface area contributed by atoms with Gasteiger partial charge in [-0.3, -0.25) is 24.2 Å². The number of nitrogens with zero attached hydrogens (tertiary/aromatic N) is 4. The number of rotatable bonds is 7. The highest BCUT2D eigenvalue weighted by Crippen LogP contribution is 2.43. The number of nitrogens with one attached hydrogen (secondary N) is 2. The molecule has 12 nitrogen and oxygen atoms in total. The second-order valence-electron chi connectivity index (χ2n) is 11.0. The van der Waals surface area contributed by atoms with Gasteiger partial charge in [0.05, 0.1) is 34.5 Å². The molecule has 3 aromatic carbocycles. The number of fused-ring (bicyclic) bond motifs is 2. The Morgan fingerprint density at radius 2 is 1.82 bits per heavy atom. The number of benzene rings is 3. The molecule has 45 heavy (non-hydrogen) atoms. The number of aryl methyl sites for hydroxylation is 2. The van der Waals surface area contributed by atoms with Gasteiger partial charge in [-0.2, -0.15) is 0 Å². The van der Waals surface area contributed by atoms with Gasteiger partial charge in [0, 0.05) is 18.2 Å². The van der Waals surface area contributed by atoms with E-state index >= 15 is 0 Å². The number of para-hydroxylation sites is 1. The van der Waals surface area contributed by atoms with Crippen molar-refractivity contribution in [1.29, 1.82) is 0 Å². The molecule has 3 heterocycles. The largest absolute Gasteiger partial charge is 0.366 e. The predicted octanol–water partition coefficient (Wildman–Crippen LogP) is 4.69. The molecule has 0 spiro atoms. The van der Waals surface area contributed by atoms with E-state index < -0.39 is 42.3 Å². The highest BCUT2D eigenvalue weighted by atomic mass is 16.5. The molecule has 6 rings (SSSR count). The maximum Gasteiger partial charge on any atom is 0.331 e. The Kier molecular flexibility index (Phi) is 7.41. The van der Waals surface area contributed by atoms with E-state index in [0.29, 0.717) is 33.9 Å². The lowest BCUT2D eigenvalue weighted by Crippen LogP contribution is -2.51. The fourth-order valence-electron chi connectivity index (χ4n) is 5.90. The van der Waals surface area contributed by atoms with Crippen LogP contribution in [0.5, 0.6) is 0 Å². The summed E-state index contributed by atoms with van der Waals surface area (Å²) in [7, 11) is 1.60. The molecule has 5 aromatic rings. The van der Waals surface area contributed by atoms with Crippen molar-refractivity contribution in [1.82, 2.24) is 25.3 Å². The van der Waals surface area contributed by atoms with E-state index in [4.69, 9.17) is 10.3 Å². The summed E-state index contributed by atoms with van der Waals surface area (Å²) in [5.74, 6) is -0.847. The van der Waals surface area contributed by atoms with Crippen molar-refractivity contribution in [3.8, 4) is 11.1 Å². The van der Waals surface area contributed by atoms with Crippen molar-refractivity contribution in [3.63, 3.8) is 0 Å². The third-order valence-corrected chi connectivity index (χ3v) is 8.04. The number of hydrogen-bond acceptors (Lipinski definition) is 7. The quantitative estimate of drug-likeness (QED) is 0.226. The molecular formula is C33H31N7O5. The Hall–Kier alpha value is -5.78. The van der Waals surface area contributed by atoms with Crippen LogP contribution in [-0.2, 0) is 9.59 Å². The van der Waals surface area contributed by atoms with E-state index in [1.54, 1.807) is 32.2 Å². The predicted molar refractivity (Wildman–Crippen MR) is 166 cm³/mol. The standard InChI is InChI=1S/C33H31N7O5/c1-17-28(19(3)45-38-17)21-13-14-25-23(15-21)30(20-9-6-5-7-10-20)40(33(44)39(25)4)27(42)16-26(41)35-18(2)32-36-24-12-8-11-22(31(34)43)29(24)37-32/h5-15,18,30H,16H2,1-4H3,(H2,34,43)(H,35,41)(H,36,37)/t18-,30?/m0/s1. The normalized spacial score (nSPS) is 15.2. The number of imide groups is 1. The number of nitrogens with two attached hydrogens (primary N) is 1. The van der Waals surface area contributed by atoms with Gasteiger partial charge in [-0.25, -0.2) is 9.78 Å². The molecule has 0 saturated carbocycles. The third kappa shape index (κ3) is 5.20. The minimum absolute atomic E-state index is 0.251. The number of urea groups is 1. The number of aromatic amines is 1. The van der Waals surface area contributed by atoms with Crippen molar-refractivity contribution in [2.75, 3.05) is 11.9 Å². The Balaban J connectivity index is 1.31. The number of H-pyrrole nitrogens is 1. The van der Waals surface area contributed by atoms with Crippen LogP contribution >= 0.6 is 0 Å². The number of amides is 5. The molecule has 0 saturated heterocycles. The Morgan fingerprint density at radius 1 is 1.07 bits per heavy atom. The second kappa shape index (κ2) is 11.4. The van der Waals surface area contributed by atoms with Gasteiger partial charge >= 0.3 is 6.03 Å². The molecule has 2 atom stereocenters. The van der Waals surface area contributed by atoms with Crippen LogP contribution in [0.2, 0.25) is 0 Å². The van der Waals surface area contributed by atoms with Gasteiger partial charge in [0.15, 0.2) is 0 Å². The lowest BCUT2D eigenvalue weighted by atomic mass is 9.90. The number of aromatic nitrogens is 3. The van der Waals surface area contributed by atoms with Gasteiger partial charge in [0.2, 0.25) is 11.8 Å². The zero-order valence-corrected chi connectivity index (χ0v) is 25.1. The number of carbonyl (C=O) groups excluding carboxylic acids is 4. The van der Waals surface area contributed by atoms with Crippen LogP contribution in [0.25, 0.3) is 22.2 Å². The summed E-state index contributed by atoms with van der Waals surface area (Å²) in [5, 5.41) is 6.86. The highest BCUT2D eigenvalue weighted by Gasteiger charge is 2.41. The summed E-state index contributed by atoms with van der Waals surface area (Å²) < 4.78 is 5.39. The highest BCUT2D eigenvalue weighted by molar-refractivity contribution is 6.10. The molecule has 0 aliphatic carbocycles. The van der Waals surface area contributed by atoms with Crippen LogP contribution in [0.3, 0.4) is 0 Å². The van der Waals surface area contributed by atoms with Crippen LogP contribution in [0.15, 0.2) is 71.3 Å². The molecule has 0 bridgehead atoms. The van der Waals surface area contributed by atoms with Crippen molar-refractivity contribution < 1.29 is 23.7 Å². The van der Waals surface area contributed by atoms with Crippen molar-refractivity contribution in [2.24, 2.45) is 5.73 Å². The smallest absolute Gasteiger partial charge is 0.331 e. The number of hydrogen-bond donors (Lipinski definition) is 3. The summed E-state index contributed by atoms with van der Waals surface area (Å²) in [6.07, 6.45) is -0.584. The Labute approximate surface area is 258 Å². The summed E-state index contributed by atoms with van der Waals surface area (Å²) in [6.45, 7) is 5.38. The first-order valence-electron chi connectivity index (χ1n) is 14.3. The fraction of sp³-hybridized carbons (Fsp3) is 0.212. The van der Waals surface area contributed by atoms with E-state index in [-0.39, 0.29) is 5.56 Å². The summed E-state index contributed by atoms with van der Waals surface area (Å²) in [5.41, 5.74) is 11.2. The average molecular weight is 606 g/mol. The minimum Gasteiger partial charge on any atom is -0.366 e. The molecule has 0 fully saturated rings. The van der Waals surface area contributed by atoms with Crippen LogP contribution in [-0.4, -0.2) is 50.8 Å². The topological polar surface area (TPSA) is 168 Å². The molecule has 4 N–H and O–H groups in total. The molecule has 1 aliphatic heterocycles. The monoisotopic (exact) mass is 605 g/mol. The lowest BCUT2D eigenvalue weighted by molar-refractivity contribution is -0.135. The molecule has 228 valence electrons. The maximum absolute atomic E-state index is 13.9. The number of primary amides is 1. The third-order valence-electron chi connectivity index (χ3n) is 8.04. The van der Waals surface area contributed by atoms with Crippen molar-refractivity contribution >= 4 is 40.5 Å². The van der Waals surface area contributed by atoms with E-state index in [1.165, 1.54) is 4.90 Å². The van der Waals surface area contributed by atoms with Crippen LogP contribution < -0.4 is 16.0 Å².